The smallest absolute Gasteiger partial charge is 0.128 e. The molecule has 0 aromatic heterocycles. The van der Waals surface area contributed by atoms with Crippen molar-refractivity contribution in [1.82, 2.24) is 5.48 Å². The van der Waals surface area contributed by atoms with Crippen molar-refractivity contribution in [3.63, 3.8) is 0 Å². The van der Waals surface area contributed by atoms with Gasteiger partial charge in [0.05, 0.1) is 19.3 Å². The normalized spacial score (nSPS) is 37.6. The first-order valence-corrected chi connectivity index (χ1v) is 5.50. The lowest BCUT2D eigenvalue weighted by atomic mass is 9.78. The second-order valence-electron chi connectivity index (χ2n) is 4.43. The zero-order valence-corrected chi connectivity index (χ0v) is 9.07. The van der Waals surface area contributed by atoms with Gasteiger partial charge < -0.3 is 9.57 Å². The Morgan fingerprint density at radius 2 is 2.19 bits per heavy atom. The number of nitrogens with one attached hydrogen (secondary N) is 1. The summed E-state index contributed by atoms with van der Waals surface area (Å²) in [5, 5.41) is 0. The van der Waals surface area contributed by atoms with Crippen LogP contribution < -0.4 is 5.48 Å². The lowest BCUT2D eigenvalue weighted by Gasteiger charge is -2.31. The fourth-order valence-corrected chi connectivity index (χ4v) is 2.75. The van der Waals surface area contributed by atoms with Crippen LogP contribution in [0.4, 0.5) is 4.39 Å². The Bertz CT molecular complexity index is 412. The first-order chi connectivity index (χ1) is 7.75. The average molecular weight is 223 g/mol. The summed E-state index contributed by atoms with van der Waals surface area (Å²) in [6.45, 7) is 3.13. The van der Waals surface area contributed by atoms with E-state index in [0.29, 0.717) is 18.8 Å². The molecule has 0 amide bonds. The molecular weight excluding hydrogens is 209 g/mol. The summed E-state index contributed by atoms with van der Waals surface area (Å²) in [7, 11) is 0. The fourth-order valence-electron chi connectivity index (χ4n) is 2.75. The molecule has 4 heteroatoms. The molecule has 3 rings (SSSR count). The standard InChI is InChI=1S/C12H14FNO2/c1-8-12(9(6-15-8)7-16-14-12)10-4-2-3-5-11(10)13/h2-5,8-9,14H,6-7H2,1H3/t8-,9-,12-/m0/s1. The van der Waals surface area contributed by atoms with Gasteiger partial charge in [-0.15, -0.1) is 0 Å². The number of ether oxygens (including phenoxy) is 1. The van der Waals surface area contributed by atoms with Gasteiger partial charge in [-0.25, -0.2) is 4.39 Å². The molecule has 2 heterocycles. The minimum atomic E-state index is -0.522. The number of fused-ring (bicyclic) bond motifs is 1. The van der Waals surface area contributed by atoms with Crippen molar-refractivity contribution in [3.8, 4) is 0 Å². The Balaban J connectivity index is 2.13. The van der Waals surface area contributed by atoms with Crippen LogP contribution in [-0.4, -0.2) is 19.3 Å². The monoisotopic (exact) mass is 223 g/mol. The summed E-state index contributed by atoms with van der Waals surface area (Å²) in [6.07, 6.45) is -0.0862. The molecule has 2 saturated heterocycles. The lowest BCUT2D eigenvalue weighted by molar-refractivity contribution is -0.00956. The predicted octanol–water partition coefficient (Wildman–Crippen LogP) is 1.59. The molecule has 0 unspecified atom stereocenters. The zero-order valence-electron chi connectivity index (χ0n) is 9.07. The van der Waals surface area contributed by atoms with Crippen LogP contribution in [0.5, 0.6) is 0 Å². The molecule has 1 aromatic rings. The van der Waals surface area contributed by atoms with Gasteiger partial charge in [-0.3, -0.25) is 0 Å². The first-order valence-electron chi connectivity index (χ1n) is 5.50. The first kappa shape index (κ1) is 10.2. The van der Waals surface area contributed by atoms with Crippen LogP contribution in [0.1, 0.15) is 12.5 Å². The van der Waals surface area contributed by atoms with E-state index in [0.717, 1.165) is 0 Å². The van der Waals surface area contributed by atoms with E-state index in [2.05, 4.69) is 5.48 Å². The number of hydrogen-bond donors (Lipinski definition) is 1. The van der Waals surface area contributed by atoms with E-state index in [4.69, 9.17) is 9.57 Å². The van der Waals surface area contributed by atoms with E-state index in [-0.39, 0.29) is 17.8 Å². The number of halogens is 1. The Morgan fingerprint density at radius 1 is 1.38 bits per heavy atom. The third kappa shape index (κ3) is 1.18. The summed E-state index contributed by atoms with van der Waals surface area (Å²) in [4.78, 5) is 5.30. The van der Waals surface area contributed by atoms with Crippen molar-refractivity contribution < 1.29 is 14.0 Å². The van der Waals surface area contributed by atoms with Crippen molar-refractivity contribution in [2.75, 3.05) is 13.2 Å². The van der Waals surface area contributed by atoms with Crippen LogP contribution in [-0.2, 0) is 15.1 Å². The van der Waals surface area contributed by atoms with E-state index < -0.39 is 5.54 Å². The average Bonchev–Trinajstić information content (AvgIpc) is 2.82. The minimum absolute atomic E-state index is 0.0862. The van der Waals surface area contributed by atoms with Crippen LogP contribution in [0.2, 0.25) is 0 Å². The van der Waals surface area contributed by atoms with Crippen LogP contribution in [0.25, 0.3) is 0 Å². The van der Waals surface area contributed by atoms with Gasteiger partial charge in [-0.05, 0) is 13.0 Å². The molecule has 0 aliphatic carbocycles. The molecule has 0 spiro atoms. The van der Waals surface area contributed by atoms with Gasteiger partial charge in [0.2, 0.25) is 0 Å². The van der Waals surface area contributed by atoms with Crippen molar-refractivity contribution in [2.24, 2.45) is 5.92 Å². The van der Waals surface area contributed by atoms with Gasteiger partial charge in [0.15, 0.2) is 0 Å². The molecule has 2 fully saturated rings. The third-order valence-corrected chi connectivity index (χ3v) is 3.68. The Kier molecular flexibility index (Phi) is 2.24. The highest BCUT2D eigenvalue weighted by Gasteiger charge is 2.55. The number of hydrogen-bond acceptors (Lipinski definition) is 3. The van der Waals surface area contributed by atoms with Crippen LogP contribution in [0.15, 0.2) is 24.3 Å². The molecule has 86 valence electrons. The summed E-state index contributed by atoms with van der Waals surface area (Å²) >= 11 is 0. The van der Waals surface area contributed by atoms with Crippen LogP contribution in [0.3, 0.4) is 0 Å². The number of hydroxylamine groups is 1. The highest BCUT2D eigenvalue weighted by molar-refractivity contribution is 5.30. The van der Waals surface area contributed by atoms with E-state index >= 15 is 0 Å². The number of benzene rings is 1. The van der Waals surface area contributed by atoms with Crippen molar-refractivity contribution in [2.45, 2.75) is 18.6 Å². The van der Waals surface area contributed by atoms with Gasteiger partial charge in [-0.1, -0.05) is 18.2 Å². The van der Waals surface area contributed by atoms with E-state index in [1.807, 2.05) is 13.0 Å². The van der Waals surface area contributed by atoms with E-state index in [1.54, 1.807) is 12.1 Å². The Morgan fingerprint density at radius 3 is 3.00 bits per heavy atom. The van der Waals surface area contributed by atoms with Gasteiger partial charge in [0, 0.05) is 11.5 Å². The summed E-state index contributed by atoms with van der Waals surface area (Å²) < 4.78 is 19.5. The van der Waals surface area contributed by atoms with Crippen molar-refractivity contribution >= 4 is 0 Å². The molecule has 0 saturated carbocycles. The second-order valence-corrected chi connectivity index (χ2v) is 4.43. The highest BCUT2D eigenvalue weighted by atomic mass is 19.1. The minimum Gasteiger partial charge on any atom is -0.376 e. The summed E-state index contributed by atoms with van der Waals surface area (Å²) in [5.74, 6) is -0.0257. The maximum Gasteiger partial charge on any atom is 0.128 e. The predicted molar refractivity (Wildman–Crippen MR) is 56.1 cm³/mol. The maximum atomic E-state index is 13.9. The van der Waals surface area contributed by atoms with Gasteiger partial charge >= 0.3 is 0 Å². The molecule has 16 heavy (non-hydrogen) atoms. The molecule has 1 N–H and O–H groups in total. The molecule has 0 radical (unpaired) electrons. The maximum absolute atomic E-state index is 13.9. The number of rotatable bonds is 1. The molecule has 2 aliphatic heterocycles. The zero-order chi connectivity index (χ0) is 11.2. The van der Waals surface area contributed by atoms with Crippen molar-refractivity contribution in [1.29, 1.82) is 0 Å². The SMILES string of the molecule is C[C@@H]1OC[C@H]2CON[C@]21c1ccccc1F. The molecule has 1 aromatic carbocycles. The van der Waals surface area contributed by atoms with Crippen molar-refractivity contribution in [3.05, 3.63) is 35.6 Å². The highest BCUT2D eigenvalue weighted by Crippen LogP contribution is 2.44. The van der Waals surface area contributed by atoms with Gasteiger partial charge in [0.25, 0.3) is 0 Å². The summed E-state index contributed by atoms with van der Waals surface area (Å²) in [5.41, 5.74) is 3.09. The van der Waals surface area contributed by atoms with Gasteiger partial charge in [0.1, 0.15) is 11.4 Å². The second kappa shape index (κ2) is 3.52. The van der Waals surface area contributed by atoms with E-state index in [9.17, 15) is 4.39 Å². The Hall–Kier alpha value is -0.970. The molecular formula is C12H14FNO2. The molecule has 3 nitrogen and oxygen atoms in total. The van der Waals surface area contributed by atoms with Crippen LogP contribution in [0, 0.1) is 11.7 Å². The third-order valence-electron chi connectivity index (χ3n) is 3.68. The molecule has 0 bridgehead atoms. The van der Waals surface area contributed by atoms with Crippen LogP contribution >= 0.6 is 0 Å². The fraction of sp³-hybridized carbons (Fsp3) is 0.500. The van der Waals surface area contributed by atoms with E-state index in [1.165, 1.54) is 6.07 Å². The topological polar surface area (TPSA) is 30.5 Å². The van der Waals surface area contributed by atoms with Gasteiger partial charge in [-0.2, -0.15) is 5.48 Å². The summed E-state index contributed by atoms with van der Waals surface area (Å²) in [6, 6.07) is 6.82. The molecule has 3 atom stereocenters. The molecule has 2 aliphatic rings. The Labute approximate surface area is 93.5 Å². The largest absolute Gasteiger partial charge is 0.376 e. The quantitative estimate of drug-likeness (QED) is 0.784. The lowest BCUT2D eigenvalue weighted by Crippen LogP contribution is -2.47.